The molecule has 0 unspecified atom stereocenters. The van der Waals surface area contributed by atoms with Gasteiger partial charge in [0, 0.05) is 5.56 Å². The summed E-state index contributed by atoms with van der Waals surface area (Å²) < 4.78 is 26.2. The zero-order valence-electron chi connectivity index (χ0n) is 10.8. The van der Waals surface area contributed by atoms with Crippen LogP contribution in [0.1, 0.15) is 10.4 Å². The number of nitrogens with zero attached hydrogens (tertiary/aromatic N) is 1. The summed E-state index contributed by atoms with van der Waals surface area (Å²) in [5.74, 6) is -0.563. The Morgan fingerprint density at radius 3 is 2.21 bits per heavy atom. The van der Waals surface area contributed by atoms with Gasteiger partial charge in [0.1, 0.15) is 0 Å². The van der Waals surface area contributed by atoms with Gasteiger partial charge in [-0.2, -0.15) is 4.31 Å². The summed E-state index contributed by atoms with van der Waals surface area (Å²) in [5, 5.41) is 0. The number of rotatable bonds is 3. The Hall–Kier alpha value is -1.44. The van der Waals surface area contributed by atoms with Crippen molar-refractivity contribution in [2.45, 2.75) is 4.90 Å². The summed E-state index contributed by atoms with van der Waals surface area (Å²) in [5.41, 5.74) is 5.44. The zero-order valence-corrected chi connectivity index (χ0v) is 11.6. The Balaban J connectivity index is 2.22. The number of benzene rings is 1. The fraction of sp³-hybridized carbons (Fsp3) is 0.417. The number of hydrogen-bond donors (Lipinski definition) is 2. The smallest absolute Gasteiger partial charge is 0.248 e. The topological polar surface area (TPSA) is 84.9 Å². The van der Waals surface area contributed by atoms with Gasteiger partial charge >= 0.3 is 0 Å². The van der Waals surface area contributed by atoms with Crippen molar-refractivity contribution in [2.24, 2.45) is 5.73 Å². The molecule has 2 rings (SSSR count). The lowest BCUT2D eigenvalue weighted by atomic mass is 10.2. The summed E-state index contributed by atoms with van der Waals surface area (Å²) in [7, 11) is -1.41. The Labute approximate surface area is 112 Å². The van der Waals surface area contributed by atoms with Crippen molar-refractivity contribution in [2.75, 3.05) is 33.2 Å². The normalized spacial score (nSPS) is 18.4. The minimum absolute atomic E-state index is 0.206. The molecule has 0 spiro atoms. The van der Waals surface area contributed by atoms with E-state index in [1.807, 2.05) is 7.05 Å². The van der Waals surface area contributed by atoms with Crippen LogP contribution in [0, 0.1) is 0 Å². The molecule has 1 aromatic carbocycles. The minimum atomic E-state index is -3.46. The molecule has 104 valence electrons. The van der Waals surface area contributed by atoms with Gasteiger partial charge in [-0.3, -0.25) is 4.79 Å². The van der Waals surface area contributed by atoms with E-state index in [1.54, 1.807) is 0 Å². The second-order valence-corrected chi connectivity index (χ2v) is 6.69. The number of quaternary nitrogens is 1. The predicted molar refractivity (Wildman–Crippen MR) is 70.3 cm³/mol. The van der Waals surface area contributed by atoms with Crippen molar-refractivity contribution in [3.05, 3.63) is 29.8 Å². The first kappa shape index (κ1) is 14.0. The molecular formula is C12H18N3O3S+. The Morgan fingerprint density at radius 2 is 1.74 bits per heavy atom. The van der Waals surface area contributed by atoms with E-state index in [0.717, 1.165) is 13.1 Å². The van der Waals surface area contributed by atoms with Crippen LogP contribution in [-0.2, 0) is 10.0 Å². The molecule has 0 radical (unpaired) electrons. The van der Waals surface area contributed by atoms with Crippen LogP contribution in [0.25, 0.3) is 0 Å². The number of hydrogen-bond acceptors (Lipinski definition) is 3. The SMILES string of the molecule is C[NH+]1CCN(S(=O)(=O)c2ccc(C(N)=O)cc2)CC1. The molecular weight excluding hydrogens is 266 g/mol. The third-order valence-corrected chi connectivity index (χ3v) is 5.27. The number of likely N-dealkylation sites (N-methyl/N-ethyl adjacent to an activating group) is 1. The maximum atomic E-state index is 12.4. The summed E-state index contributed by atoms with van der Waals surface area (Å²) in [6.07, 6.45) is 0. The summed E-state index contributed by atoms with van der Waals surface area (Å²) >= 11 is 0. The molecule has 1 aliphatic rings. The Morgan fingerprint density at radius 1 is 1.21 bits per heavy atom. The number of nitrogens with two attached hydrogens (primary N) is 1. The second-order valence-electron chi connectivity index (χ2n) is 4.75. The monoisotopic (exact) mass is 284 g/mol. The molecule has 0 aromatic heterocycles. The highest BCUT2D eigenvalue weighted by atomic mass is 32.2. The number of carbonyl (C=O) groups excluding carboxylic acids is 1. The summed E-state index contributed by atoms with van der Waals surface area (Å²) in [6, 6.07) is 5.74. The van der Waals surface area contributed by atoms with Crippen LogP contribution in [-0.4, -0.2) is 51.9 Å². The van der Waals surface area contributed by atoms with E-state index < -0.39 is 15.9 Å². The first-order chi connectivity index (χ1) is 8.91. The van der Waals surface area contributed by atoms with Crippen molar-refractivity contribution in [1.29, 1.82) is 0 Å². The maximum Gasteiger partial charge on any atom is 0.248 e. The molecule has 19 heavy (non-hydrogen) atoms. The fourth-order valence-corrected chi connectivity index (χ4v) is 3.49. The molecule has 0 atom stereocenters. The van der Waals surface area contributed by atoms with Gasteiger partial charge in [-0.25, -0.2) is 8.42 Å². The first-order valence-corrected chi connectivity index (χ1v) is 7.56. The highest BCUT2D eigenvalue weighted by Gasteiger charge is 2.28. The number of nitrogens with one attached hydrogen (secondary N) is 1. The van der Waals surface area contributed by atoms with Crippen LogP contribution >= 0.6 is 0 Å². The van der Waals surface area contributed by atoms with Crippen LogP contribution in [0.15, 0.2) is 29.2 Å². The van der Waals surface area contributed by atoms with Gasteiger partial charge in [0.25, 0.3) is 0 Å². The first-order valence-electron chi connectivity index (χ1n) is 6.12. The number of carbonyl (C=O) groups is 1. The van der Waals surface area contributed by atoms with Crippen molar-refractivity contribution in [1.82, 2.24) is 4.31 Å². The van der Waals surface area contributed by atoms with Gasteiger partial charge < -0.3 is 10.6 Å². The highest BCUT2D eigenvalue weighted by Crippen LogP contribution is 2.16. The molecule has 3 N–H and O–H groups in total. The molecule has 7 heteroatoms. The Kier molecular flexibility index (Phi) is 3.88. The minimum Gasteiger partial charge on any atom is -0.366 e. The van der Waals surface area contributed by atoms with E-state index in [4.69, 9.17) is 5.73 Å². The van der Waals surface area contributed by atoms with Crippen LogP contribution in [0.2, 0.25) is 0 Å². The molecule has 1 fully saturated rings. The molecule has 0 bridgehead atoms. The average molecular weight is 284 g/mol. The standard InChI is InChI=1S/C12H17N3O3S/c1-14-6-8-15(9-7-14)19(17,18)11-4-2-10(3-5-11)12(13)16/h2-5H,6-9H2,1H3,(H2,13,16)/p+1. The van der Waals surface area contributed by atoms with E-state index in [0.29, 0.717) is 18.7 Å². The summed E-state index contributed by atoms with van der Waals surface area (Å²) in [4.78, 5) is 12.5. The second kappa shape index (κ2) is 5.28. The number of amides is 1. The van der Waals surface area contributed by atoms with E-state index in [-0.39, 0.29) is 4.90 Å². The molecule has 0 aliphatic carbocycles. The molecule has 1 heterocycles. The molecule has 1 amide bonds. The van der Waals surface area contributed by atoms with Crippen molar-refractivity contribution >= 4 is 15.9 Å². The van der Waals surface area contributed by atoms with Crippen LogP contribution in [0.5, 0.6) is 0 Å². The highest BCUT2D eigenvalue weighted by molar-refractivity contribution is 7.89. The van der Waals surface area contributed by atoms with Gasteiger partial charge in [-0.1, -0.05) is 0 Å². The van der Waals surface area contributed by atoms with Gasteiger partial charge in [-0.05, 0) is 24.3 Å². The van der Waals surface area contributed by atoms with Gasteiger partial charge in [-0.15, -0.1) is 0 Å². The van der Waals surface area contributed by atoms with Crippen LogP contribution in [0.4, 0.5) is 0 Å². The maximum absolute atomic E-state index is 12.4. The van der Waals surface area contributed by atoms with Gasteiger partial charge in [0.2, 0.25) is 15.9 Å². The number of sulfonamides is 1. The third-order valence-electron chi connectivity index (χ3n) is 3.35. The van der Waals surface area contributed by atoms with Gasteiger partial charge in [0.15, 0.2) is 0 Å². The van der Waals surface area contributed by atoms with Crippen LogP contribution in [0.3, 0.4) is 0 Å². The lowest BCUT2D eigenvalue weighted by molar-refractivity contribution is -0.883. The predicted octanol–water partition coefficient (Wildman–Crippen LogP) is -1.70. The molecule has 6 nitrogen and oxygen atoms in total. The molecule has 1 saturated heterocycles. The largest absolute Gasteiger partial charge is 0.366 e. The van der Waals surface area contributed by atoms with E-state index in [9.17, 15) is 13.2 Å². The van der Waals surface area contributed by atoms with E-state index in [1.165, 1.54) is 33.5 Å². The van der Waals surface area contributed by atoms with E-state index >= 15 is 0 Å². The lowest BCUT2D eigenvalue weighted by Gasteiger charge is -2.29. The third kappa shape index (κ3) is 2.94. The zero-order chi connectivity index (χ0) is 14.0. The lowest BCUT2D eigenvalue weighted by Crippen LogP contribution is -3.12. The molecule has 1 aromatic rings. The number of piperazine rings is 1. The fourth-order valence-electron chi connectivity index (χ4n) is 2.05. The molecule has 0 saturated carbocycles. The van der Waals surface area contributed by atoms with Crippen molar-refractivity contribution in [3.63, 3.8) is 0 Å². The molecule has 1 aliphatic heterocycles. The van der Waals surface area contributed by atoms with Crippen molar-refractivity contribution in [3.8, 4) is 0 Å². The van der Waals surface area contributed by atoms with Crippen molar-refractivity contribution < 1.29 is 18.1 Å². The number of primary amides is 1. The average Bonchev–Trinajstić information content (AvgIpc) is 2.39. The van der Waals surface area contributed by atoms with E-state index in [2.05, 4.69) is 0 Å². The summed E-state index contributed by atoms with van der Waals surface area (Å²) in [6.45, 7) is 2.65. The van der Waals surface area contributed by atoms with Gasteiger partial charge in [0.05, 0.1) is 38.1 Å². The quantitative estimate of drug-likeness (QED) is 0.694. The Bertz CT molecular complexity index is 560. The van der Waals surface area contributed by atoms with Crippen LogP contribution < -0.4 is 10.6 Å².